The van der Waals surface area contributed by atoms with Gasteiger partial charge in [-0.3, -0.25) is 9.69 Å². The summed E-state index contributed by atoms with van der Waals surface area (Å²) in [6.07, 6.45) is 1.99. The number of aryl methyl sites for hydroxylation is 2. The van der Waals surface area contributed by atoms with E-state index < -0.39 is 10.0 Å². The molecule has 184 valence electrons. The van der Waals surface area contributed by atoms with Gasteiger partial charge in [0.15, 0.2) is 0 Å². The molecular weight excluding hydrogens is 448 g/mol. The summed E-state index contributed by atoms with van der Waals surface area (Å²) in [5.41, 5.74) is 3.61. The monoisotopic (exact) mass is 484 g/mol. The zero-order chi connectivity index (χ0) is 24.1. The topological polar surface area (TPSA) is 64.2 Å². The van der Waals surface area contributed by atoms with Crippen molar-refractivity contribution in [3.63, 3.8) is 0 Å². The molecule has 8 heteroatoms. The van der Waals surface area contributed by atoms with Crippen molar-refractivity contribution in [1.82, 2.24) is 14.1 Å². The SMILES string of the molecule is CCCc1ccc(S(=O)(=O)N2CCN(CC(=O)N3CCN(c4cccc(C)c4)CC3)CC2)cc1. The number of benzene rings is 2. The summed E-state index contributed by atoms with van der Waals surface area (Å²) in [4.78, 5) is 19.6. The van der Waals surface area contributed by atoms with E-state index in [2.05, 4.69) is 47.9 Å². The van der Waals surface area contributed by atoms with Crippen LogP contribution >= 0.6 is 0 Å². The molecular formula is C26H36N4O3S. The zero-order valence-electron chi connectivity index (χ0n) is 20.3. The lowest BCUT2D eigenvalue weighted by molar-refractivity contribution is -0.133. The van der Waals surface area contributed by atoms with E-state index in [1.807, 2.05) is 17.0 Å². The van der Waals surface area contributed by atoms with Crippen LogP contribution in [0.15, 0.2) is 53.4 Å². The summed E-state index contributed by atoms with van der Waals surface area (Å²) in [5.74, 6) is 0.131. The quantitative estimate of drug-likeness (QED) is 0.605. The van der Waals surface area contributed by atoms with Crippen LogP contribution < -0.4 is 4.90 Å². The Bertz CT molecular complexity index is 1070. The molecule has 0 unspecified atom stereocenters. The fourth-order valence-corrected chi connectivity index (χ4v) is 6.15. The number of carbonyl (C=O) groups is 1. The van der Waals surface area contributed by atoms with Gasteiger partial charge in [-0.15, -0.1) is 0 Å². The van der Waals surface area contributed by atoms with Crippen LogP contribution in [0.4, 0.5) is 5.69 Å². The molecule has 0 atom stereocenters. The number of hydrogen-bond donors (Lipinski definition) is 0. The Balaban J connectivity index is 1.25. The maximum atomic E-state index is 13.0. The van der Waals surface area contributed by atoms with E-state index in [0.29, 0.717) is 37.6 Å². The van der Waals surface area contributed by atoms with Crippen molar-refractivity contribution in [2.75, 3.05) is 63.8 Å². The largest absolute Gasteiger partial charge is 0.368 e. The van der Waals surface area contributed by atoms with Gasteiger partial charge in [-0.1, -0.05) is 37.6 Å². The van der Waals surface area contributed by atoms with Crippen LogP contribution in [-0.2, 0) is 21.2 Å². The third kappa shape index (κ3) is 5.79. The van der Waals surface area contributed by atoms with E-state index in [4.69, 9.17) is 0 Å². The summed E-state index contributed by atoms with van der Waals surface area (Å²) in [5, 5.41) is 0. The molecule has 0 N–H and O–H groups in total. The molecule has 0 aromatic heterocycles. The van der Waals surface area contributed by atoms with E-state index in [9.17, 15) is 13.2 Å². The number of nitrogens with zero attached hydrogens (tertiary/aromatic N) is 4. The number of rotatable bonds is 7. The molecule has 2 aliphatic rings. The summed E-state index contributed by atoms with van der Waals surface area (Å²) in [7, 11) is -3.50. The van der Waals surface area contributed by atoms with E-state index in [0.717, 1.165) is 44.6 Å². The fraction of sp³-hybridized carbons (Fsp3) is 0.500. The Labute approximate surface area is 204 Å². The van der Waals surface area contributed by atoms with Crippen molar-refractivity contribution >= 4 is 21.6 Å². The van der Waals surface area contributed by atoms with E-state index in [1.165, 1.54) is 11.3 Å². The third-order valence-electron chi connectivity index (χ3n) is 6.79. The first-order chi connectivity index (χ1) is 16.4. The van der Waals surface area contributed by atoms with Gasteiger partial charge in [0.25, 0.3) is 0 Å². The van der Waals surface area contributed by atoms with Gasteiger partial charge >= 0.3 is 0 Å². The lowest BCUT2D eigenvalue weighted by atomic mass is 10.1. The van der Waals surface area contributed by atoms with Crippen molar-refractivity contribution in [2.45, 2.75) is 31.6 Å². The van der Waals surface area contributed by atoms with Crippen molar-refractivity contribution in [3.8, 4) is 0 Å². The first-order valence-electron chi connectivity index (χ1n) is 12.3. The summed E-state index contributed by atoms with van der Waals surface area (Å²) in [6, 6.07) is 15.7. The number of sulfonamides is 1. The van der Waals surface area contributed by atoms with Gasteiger partial charge in [0, 0.05) is 58.0 Å². The predicted octanol–water partition coefficient (Wildman–Crippen LogP) is 2.60. The second-order valence-corrected chi connectivity index (χ2v) is 11.2. The summed E-state index contributed by atoms with van der Waals surface area (Å²) < 4.78 is 27.6. The molecule has 1 amide bonds. The maximum absolute atomic E-state index is 13.0. The molecule has 4 rings (SSSR count). The number of carbonyl (C=O) groups excluding carboxylic acids is 1. The average Bonchev–Trinajstić information content (AvgIpc) is 2.85. The summed E-state index contributed by atoms with van der Waals surface area (Å²) >= 11 is 0. The molecule has 2 aromatic carbocycles. The molecule has 0 bridgehead atoms. The molecule has 0 spiro atoms. The minimum absolute atomic E-state index is 0.131. The highest BCUT2D eigenvalue weighted by molar-refractivity contribution is 7.89. The molecule has 0 aliphatic carbocycles. The van der Waals surface area contributed by atoms with Crippen molar-refractivity contribution < 1.29 is 13.2 Å². The fourth-order valence-electron chi connectivity index (χ4n) is 4.72. The highest BCUT2D eigenvalue weighted by atomic mass is 32.2. The molecule has 2 aliphatic heterocycles. The zero-order valence-corrected chi connectivity index (χ0v) is 21.1. The minimum Gasteiger partial charge on any atom is -0.368 e. The van der Waals surface area contributed by atoms with Crippen LogP contribution in [0.5, 0.6) is 0 Å². The summed E-state index contributed by atoms with van der Waals surface area (Å²) in [6.45, 7) is 9.62. The minimum atomic E-state index is -3.50. The van der Waals surface area contributed by atoms with Gasteiger partial charge < -0.3 is 9.80 Å². The first kappa shape index (κ1) is 24.7. The van der Waals surface area contributed by atoms with E-state index >= 15 is 0 Å². The van der Waals surface area contributed by atoms with E-state index in [-0.39, 0.29) is 5.91 Å². The van der Waals surface area contributed by atoms with Crippen molar-refractivity contribution in [3.05, 3.63) is 59.7 Å². The van der Waals surface area contributed by atoms with Crippen LogP contribution in [0.25, 0.3) is 0 Å². The predicted molar refractivity (Wildman–Crippen MR) is 136 cm³/mol. The van der Waals surface area contributed by atoms with Gasteiger partial charge in [-0.2, -0.15) is 4.31 Å². The highest BCUT2D eigenvalue weighted by Crippen LogP contribution is 2.20. The van der Waals surface area contributed by atoms with Gasteiger partial charge in [0.1, 0.15) is 0 Å². The number of amides is 1. The van der Waals surface area contributed by atoms with Crippen LogP contribution in [-0.4, -0.2) is 87.3 Å². The molecule has 2 aromatic rings. The van der Waals surface area contributed by atoms with Gasteiger partial charge in [-0.05, 0) is 48.7 Å². The molecule has 7 nitrogen and oxygen atoms in total. The second-order valence-electron chi connectivity index (χ2n) is 9.28. The lowest BCUT2D eigenvalue weighted by Gasteiger charge is -2.38. The highest BCUT2D eigenvalue weighted by Gasteiger charge is 2.30. The van der Waals surface area contributed by atoms with Crippen LogP contribution in [0.3, 0.4) is 0 Å². The Kier molecular flexibility index (Phi) is 7.91. The Hall–Kier alpha value is -2.42. The lowest BCUT2D eigenvalue weighted by Crippen LogP contribution is -2.54. The second kappa shape index (κ2) is 10.9. The molecule has 2 heterocycles. The first-order valence-corrected chi connectivity index (χ1v) is 13.7. The van der Waals surface area contributed by atoms with Crippen molar-refractivity contribution in [1.29, 1.82) is 0 Å². The number of piperazine rings is 2. The average molecular weight is 485 g/mol. The van der Waals surface area contributed by atoms with Crippen LogP contribution in [0, 0.1) is 6.92 Å². The Morgan fingerprint density at radius 2 is 1.56 bits per heavy atom. The standard InChI is InChI=1S/C26H36N4O3S/c1-3-5-23-8-10-25(11-9-23)34(32,33)30-18-12-27(13-19-30)21-26(31)29-16-14-28(15-17-29)24-7-4-6-22(2)20-24/h4,6-11,20H,3,5,12-19,21H2,1-2H3. The van der Waals surface area contributed by atoms with Gasteiger partial charge in [0.2, 0.25) is 15.9 Å². The Morgan fingerprint density at radius 3 is 2.18 bits per heavy atom. The smallest absolute Gasteiger partial charge is 0.243 e. The van der Waals surface area contributed by atoms with Crippen LogP contribution in [0.1, 0.15) is 24.5 Å². The van der Waals surface area contributed by atoms with Gasteiger partial charge in [0.05, 0.1) is 11.4 Å². The number of hydrogen-bond acceptors (Lipinski definition) is 5. The normalized spacial score (nSPS) is 18.3. The number of anilines is 1. The Morgan fingerprint density at radius 1 is 0.882 bits per heavy atom. The molecule has 0 radical (unpaired) electrons. The molecule has 2 fully saturated rings. The molecule has 0 saturated carbocycles. The third-order valence-corrected chi connectivity index (χ3v) is 8.70. The molecule has 2 saturated heterocycles. The van der Waals surface area contributed by atoms with Gasteiger partial charge in [-0.25, -0.2) is 8.42 Å². The molecule has 34 heavy (non-hydrogen) atoms. The van der Waals surface area contributed by atoms with Crippen molar-refractivity contribution in [2.24, 2.45) is 0 Å². The van der Waals surface area contributed by atoms with E-state index in [1.54, 1.807) is 16.4 Å². The van der Waals surface area contributed by atoms with Crippen LogP contribution in [0.2, 0.25) is 0 Å². The maximum Gasteiger partial charge on any atom is 0.243 e.